The molecule has 4 heteroatoms. The average Bonchev–Trinajstić information content (AvgIpc) is 1.89. The summed E-state index contributed by atoms with van der Waals surface area (Å²) in [4.78, 5) is 19.6. The van der Waals surface area contributed by atoms with Crippen molar-refractivity contribution in [2.24, 2.45) is 0 Å². The minimum absolute atomic E-state index is 0.0356. The van der Waals surface area contributed by atoms with Crippen molar-refractivity contribution in [3.63, 3.8) is 0 Å². The molecular weight excluding hydrogens is 124 g/mol. The number of carbonyl (C=O) groups is 2. The van der Waals surface area contributed by atoms with Gasteiger partial charge in [-0.1, -0.05) is 0 Å². The Morgan fingerprint density at radius 1 is 1.67 bits per heavy atom. The van der Waals surface area contributed by atoms with Gasteiger partial charge in [-0.3, -0.25) is 4.79 Å². The fraction of sp³-hybridized carbons (Fsp3) is 0.600. The molecule has 0 aliphatic rings. The lowest BCUT2D eigenvalue weighted by atomic mass is 10.5. The van der Waals surface area contributed by atoms with Crippen molar-refractivity contribution in [2.75, 3.05) is 13.2 Å². The van der Waals surface area contributed by atoms with Gasteiger partial charge >= 0.3 is 5.97 Å². The fourth-order valence-electron chi connectivity index (χ4n) is 0.271. The lowest BCUT2D eigenvalue weighted by Gasteiger charge is -1.95. The van der Waals surface area contributed by atoms with Crippen LogP contribution in [0.5, 0.6) is 0 Å². The van der Waals surface area contributed by atoms with Crippen LogP contribution < -0.4 is 0 Å². The number of aldehydes is 1. The van der Waals surface area contributed by atoms with Gasteiger partial charge in [0.2, 0.25) is 6.29 Å². The molecule has 0 saturated heterocycles. The van der Waals surface area contributed by atoms with E-state index in [-0.39, 0.29) is 19.5 Å². The number of carbonyl (C=O) groups excluding carboxylic acids is 2. The number of aliphatic hydroxyl groups is 1. The maximum absolute atomic E-state index is 10.0. The summed E-state index contributed by atoms with van der Waals surface area (Å²) in [7, 11) is 0. The first-order chi connectivity index (χ1) is 4.31. The van der Waals surface area contributed by atoms with Crippen LogP contribution in [0.4, 0.5) is 0 Å². The molecule has 0 saturated carbocycles. The normalized spacial score (nSPS) is 8.56. The number of hydrogen-bond donors (Lipinski definition) is 1. The Bertz CT molecular complexity index is 99.1. The average molecular weight is 132 g/mol. The number of rotatable bonds is 4. The third-order valence-electron chi connectivity index (χ3n) is 0.643. The van der Waals surface area contributed by atoms with Gasteiger partial charge in [-0.05, 0) is 0 Å². The zero-order valence-corrected chi connectivity index (χ0v) is 4.87. The van der Waals surface area contributed by atoms with E-state index >= 15 is 0 Å². The Morgan fingerprint density at radius 3 is 2.78 bits per heavy atom. The lowest BCUT2D eigenvalue weighted by Crippen LogP contribution is -2.07. The first kappa shape index (κ1) is 8.10. The molecule has 0 aromatic carbocycles. The van der Waals surface area contributed by atoms with Gasteiger partial charge in [0.1, 0.15) is 0 Å². The molecule has 4 nitrogen and oxygen atoms in total. The minimum Gasteiger partial charge on any atom is -0.460 e. The van der Waals surface area contributed by atoms with E-state index in [1.807, 2.05) is 0 Å². The molecular formula is C5H8O4. The molecule has 0 heterocycles. The van der Waals surface area contributed by atoms with Crippen molar-refractivity contribution in [3.05, 3.63) is 0 Å². The van der Waals surface area contributed by atoms with E-state index in [2.05, 4.69) is 4.74 Å². The Labute approximate surface area is 52.4 Å². The molecule has 1 N–H and O–H groups in total. The SMILES string of the molecule is O=CC(=O)OCCCO. The highest BCUT2D eigenvalue weighted by molar-refractivity contribution is 6.20. The van der Waals surface area contributed by atoms with Crippen LogP contribution in [-0.4, -0.2) is 30.6 Å². The fourth-order valence-corrected chi connectivity index (χ4v) is 0.271. The van der Waals surface area contributed by atoms with Crippen molar-refractivity contribution in [3.8, 4) is 0 Å². The van der Waals surface area contributed by atoms with Crippen molar-refractivity contribution < 1.29 is 19.4 Å². The number of ether oxygens (including phenoxy) is 1. The molecule has 0 bridgehead atoms. The molecule has 0 rings (SSSR count). The van der Waals surface area contributed by atoms with Gasteiger partial charge < -0.3 is 9.84 Å². The highest BCUT2D eigenvalue weighted by Crippen LogP contribution is 1.79. The van der Waals surface area contributed by atoms with Crippen LogP contribution >= 0.6 is 0 Å². The highest BCUT2D eigenvalue weighted by Gasteiger charge is 1.95. The molecule has 0 radical (unpaired) electrons. The van der Waals surface area contributed by atoms with Crippen LogP contribution in [0.1, 0.15) is 6.42 Å². The summed E-state index contributed by atoms with van der Waals surface area (Å²) in [5.74, 6) is -0.886. The number of aliphatic hydroxyl groups excluding tert-OH is 1. The van der Waals surface area contributed by atoms with E-state index in [1.54, 1.807) is 0 Å². The molecule has 9 heavy (non-hydrogen) atoms. The Kier molecular flexibility index (Phi) is 4.72. The highest BCUT2D eigenvalue weighted by atomic mass is 16.5. The smallest absolute Gasteiger partial charge is 0.371 e. The van der Waals surface area contributed by atoms with Crippen LogP contribution in [-0.2, 0) is 14.3 Å². The second kappa shape index (κ2) is 5.24. The van der Waals surface area contributed by atoms with Gasteiger partial charge in [0.25, 0.3) is 0 Å². The molecule has 0 aromatic rings. The van der Waals surface area contributed by atoms with Crippen LogP contribution in [0.15, 0.2) is 0 Å². The van der Waals surface area contributed by atoms with E-state index < -0.39 is 5.97 Å². The van der Waals surface area contributed by atoms with E-state index in [0.717, 1.165) is 0 Å². The molecule has 0 aromatic heterocycles. The van der Waals surface area contributed by atoms with Crippen molar-refractivity contribution in [1.82, 2.24) is 0 Å². The van der Waals surface area contributed by atoms with Gasteiger partial charge in [0, 0.05) is 13.0 Å². The molecule has 0 unspecified atom stereocenters. The summed E-state index contributed by atoms with van der Waals surface area (Å²) in [5.41, 5.74) is 0. The van der Waals surface area contributed by atoms with Crippen LogP contribution in [0.3, 0.4) is 0 Å². The molecule has 52 valence electrons. The lowest BCUT2D eigenvalue weighted by molar-refractivity contribution is -0.148. The maximum atomic E-state index is 10.0. The summed E-state index contributed by atoms with van der Waals surface area (Å²) >= 11 is 0. The molecule has 0 aliphatic carbocycles. The first-order valence-electron chi connectivity index (χ1n) is 2.54. The number of esters is 1. The second-order valence-corrected chi connectivity index (χ2v) is 1.36. The van der Waals surface area contributed by atoms with E-state index in [9.17, 15) is 9.59 Å². The van der Waals surface area contributed by atoms with Crippen LogP contribution in [0.2, 0.25) is 0 Å². The van der Waals surface area contributed by atoms with E-state index in [0.29, 0.717) is 6.42 Å². The topological polar surface area (TPSA) is 63.6 Å². The quantitative estimate of drug-likeness (QED) is 0.233. The molecule has 0 spiro atoms. The predicted octanol–water partition coefficient (Wildman–Crippen LogP) is -0.889. The molecule has 0 amide bonds. The Morgan fingerprint density at radius 2 is 2.33 bits per heavy atom. The summed E-state index contributed by atoms with van der Waals surface area (Å²) in [6, 6.07) is 0. The van der Waals surface area contributed by atoms with Gasteiger partial charge in [0.15, 0.2) is 0 Å². The molecule has 0 aliphatic heterocycles. The summed E-state index contributed by atoms with van der Waals surface area (Å²) in [6.07, 6.45) is 0.469. The predicted molar refractivity (Wildman–Crippen MR) is 28.7 cm³/mol. The summed E-state index contributed by atoms with van der Waals surface area (Å²) < 4.78 is 4.26. The second-order valence-electron chi connectivity index (χ2n) is 1.36. The van der Waals surface area contributed by atoms with Gasteiger partial charge in [-0.25, -0.2) is 4.79 Å². The largest absolute Gasteiger partial charge is 0.460 e. The first-order valence-corrected chi connectivity index (χ1v) is 2.54. The monoisotopic (exact) mass is 132 g/mol. The van der Waals surface area contributed by atoms with Gasteiger partial charge in [-0.2, -0.15) is 0 Å². The van der Waals surface area contributed by atoms with Crippen molar-refractivity contribution in [2.45, 2.75) is 6.42 Å². The standard InChI is InChI=1S/C5H8O4/c6-2-1-3-9-5(8)4-7/h4,6H,1-3H2. The van der Waals surface area contributed by atoms with E-state index in [4.69, 9.17) is 5.11 Å². The zero-order valence-electron chi connectivity index (χ0n) is 4.87. The zero-order chi connectivity index (χ0) is 7.11. The minimum atomic E-state index is -0.886. The molecule has 0 atom stereocenters. The molecule has 0 fully saturated rings. The third kappa shape index (κ3) is 4.96. The number of hydrogen-bond acceptors (Lipinski definition) is 4. The summed E-state index contributed by atoms with van der Waals surface area (Å²) in [6.45, 7) is 0.0697. The maximum Gasteiger partial charge on any atom is 0.371 e. The summed E-state index contributed by atoms with van der Waals surface area (Å²) in [5, 5.41) is 8.17. The Balaban J connectivity index is 3.07. The third-order valence-corrected chi connectivity index (χ3v) is 0.643. The Hall–Kier alpha value is -0.900. The van der Waals surface area contributed by atoms with Crippen LogP contribution in [0.25, 0.3) is 0 Å². The van der Waals surface area contributed by atoms with Crippen LogP contribution in [0, 0.1) is 0 Å². The van der Waals surface area contributed by atoms with Gasteiger partial charge in [-0.15, -0.1) is 0 Å². The van der Waals surface area contributed by atoms with Crippen molar-refractivity contribution >= 4 is 12.3 Å². The van der Waals surface area contributed by atoms with E-state index in [1.165, 1.54) is 0 Å². The van der Waals surface area contributed by atoms with Crippen molar-refractivity contribution in [1.29, 1.82) is 0 Å². The van der Waals surface area contributed by atoms with Gasteiger partial charge in [0.05, 0.1) is 6.61 Å².